The summed E-state index contributed by atoms with van der Waals surface area (Å²) in [6.07, 6.45) is 0. The zero-order chi connectivity index (χ0) is 15.0. The fraction of sp³-hybridized carbons (Fsp3) is 0.143. The summed E-state index contributed by atoms with van der Waals surface area (Å²) in [6.45, 7) is 2.88. The maximum Gasteiger partial charge on any atom is 0.692 e. The van der Waals surface area contributed by atoms with Gasteiger partial charge in [-0.3, -0.25) is 0 Å². The number of hydrogen-bond donors (Lipinski definition) is 4. The smallest absolute Gasteiger partial charge is 0.508 e. The fourth-order valence-electron chi connectivity index (χ4n) is 1.49. The van der Waals surface area contributed by atoms with E-state index in [1.165, 1.54) is 11.1 Å². The molecule has 2 aromatic rings. The van der Waals surface area contributed by atoms with Crippen LogP contribution in [0.3, 0.4) is 0 Å². The topological polar surface area (TPSA) is 89.8 Å². The molecule has 0 aliphatic rings. The van der Waals surface area contributed by atoms with E-state index in [-0.39, 0.29) is 0 Å². The lowest BCUT2D eigenvalue weighted by Crippen LogP contribution is -1.98. The standard InChI is InChI=1S/C14H15NO.HO3P/c1-11-2-4-12(5-3-11)10-15-13-6-8-14(16)9-7-13;1-4(2)3/h2-9,15-16H,10H2,1H3;(H-,1,2,3)/p+1. The average molecular weight is 294 g/mol. The molecule has 2 aromatic carbocycles. The van der Waals surface area contributed by atoms with Gasteiger partial charge in [-0.05, 0) is 36.8 Å². The molecule has 6 heteroatoms. The molecule has 2 rings (SSSR count). The molecule has 0 saturated heterocycles. The molecule has 106 valence electrons. The van der Waals surface area contributed by atoms with Gasteiger partial charge in [0.1, 0.15) is 5.75 Å². The third-order valence-corrected chi connectivity index (χ3v) is 2.48. The van der Waals surface area contributed by atoms with Gasteiger partial charge in [-0.15, -0.1) is 9.79 Å². The summed E-state index contributed by atoms with van der Waals surface area (Å²) in [7, 11) is -2.87. The van der Waals surface area contributed by atoms with Crippen molar-refractivity contribution < 1.29 is 19.5 Å². The van der Waals surface area contributed by atoms with E-state index in [1.807, 2.05) is 12.1 Å². The molecule has 0 fully saturated rings. The minimum absolute atomic E-state index is 0.292. The molecule has 4 N–H and O–H groups in total. The Morgan fingerprint density at radius 3 is 2.00 bits per heavy atom. The van der Waals surface area contributed by atoms with Gasteiger partial charge in [0.2, 0.25) is 0 Å². The van der Waals surface area contributed by atoms with Gasteiger partial charge in [-0.1, -0.05) is 29.8 Å². The molecular formula is C14H17NO4P+. The van der Waals surface area contributed by atoms with Gasteiger partial charge in [0, 0.05) is 16.8 Å². The van der Waals surface area contributed by atoms with Crippen LogP contribution in [-0.4, -0.2) is 14.9 Å². The van der Waals surface area contributed by atoms with Crippen molar-refractivity contribution in [3.05, 3.63) is 59.7 Å². The molecule has 20 heavy (non-hydrogen) atoms. The van der Waals surface area contributed by atoms with Crippen LogP contribution in [0.5, 0.6) is 5.75 Å². The van der Waals surface area contributed by atoms with Crippen LogP contribution in [0.25, 0.3) is 0 Å². The van der Waals surface area contributed by atoms with Gasteiger partial charge in [-0.25, -0.2) is 0 Å². The Balaban J connectivity index is 0.000000444. The summed E-state index contributed by atoms with van der Waals surface area (Å²) in [6, 6.07) is 15.5. The minimum atomic E-state index is -2.87. The summed E-state index contributed by atoms with van der Waals surface area (Å²) in [5.41, 5.74) is 3.53. The van der Waals surface area contributed by atoms with Crippen LogP contribution >= 0.6 is 8.25 Å². The van der Waals surface area contributed by atoms with E-state index in [1.54, 1.807) is 12.1 Å². The highest BCUT2D eigenvalue weighted by Gasteiger charge is 1.94. The lowest BCUT2D eigenvalue weighted by Gasteiger charge is -2.06. The molecule has 0 aliphatic carbocycles. The normalized spacial score (nSPS) is 9.35. The quantitative estimate of drug-likeness (QED) is 0.516. The average Bonchev–Trinajstić information content (AvgIpc) is 2.39. The zero-order valence-corrected chi connectivity index (χ0v) is 11.9. The van der Waals surface area contributed by atoms with Crippen molar-refractivity contribution >= 4 is 13.9 Å². The Hall–Kier alpha value is -1.94. The molecule has 0 saturated carbocycles. The van der Waals surface area contributed by atoms with Crippen molar-refractivity contribution in [1.82, 2.24) is 0 Å². The molecular weight excluding hydrogens is 277 g/mol. The fourth-order valence-corrected chi connectivity index (χ4v) is 1.49. The highest BCUT2D eigenvalue weighted by Crippen LogP contribution is 2.14. The first-order valence-electron chi connectivity index (χ1n) is 5.91. The van der Waals surface area contributed by atoms with Crippen molar-refractivity contribution in [2.75, 3.05) is 5.32 Å². The van der Waals surface area contributed by atoms with Crippen molar-refractivity contribution in [3.63, 3.8) is 0 Å². The number of benzene rings is 2. The Labute approximate surface area is 118 Å². The van der Waals surface area contributed by atoms with Crippen LogP contribution in [0.2, 0.25) is 0 Å². The van der Waals surface area contributed by atoms with Crippen LogP contribution in [0.4, 0.5) is 5.69 Å². The molecule has 0 radical (unpaired) electrons. The summed E-state index contributed by atoms with van der Waals surface area (Å²) < 4.78 is 8.70. The van der Waals surface area contributed by atoms with Crippen LogP contribution in [0, 0.1) is 6.92 Å². The second-order valence-corrected chi connectivity index (χ2v) is 4.64. The number of nitrogens with one attached hydrogen (secondary N) is 1. The molecule has 5 nitrogen and oxygen atoms in total. The van der Waals surface area contributed by atoms with E-state index in [0.29, 0.717) is 5.75 Å². The molecule has 0 amide bonds. The van der Waals surface area contributed by atoms with Crippen molar-refractivity contribution in [2.45, 2.75) is 13.5 Å². The number of aromatic hydroxyl groups is 1. The molecule has 0 aliphatic heterocycles. The van der Waals surface area contributed by atoms with E-state index < -0.39 is 8.25 Å². The van der Waals surface area contributed by atoms with Crippen molar-refractivity contribution in [2.24, 2.45) is 0 Å². The Morgan fingerprint density at radius 2 is 1.50 bits per heavy atom. The number of phenolic OH excluding ortho intramolecular Hbond substituents is 1. The maximum absolute atomic E-state index is 9.14. The van der Waals surface area contributed by atoms with E-state index >= 15 is 0 Å². The first-order chi connectivity index (χ1) is 9.47. The Kier molecular flexibility index (Phi) is 6.67. The Bertz CT molecular complexity index is 491. The zero-order valence-electron chi connectivity index (χ0n) is 11.0. The number of anilines is 1. The van der Waals surface area contributed by atoms with Crippen LogP contribution in [0.1, 0.15) is 11.1 Å². The second-order valence-electron chi connectivity index (χ2n) is 4.14. The van der Waals surface area contributed by atoms with Gasteiger partial charge in [-0.2, -0.15) is 0 Å². The van der Waals surface area contributed by atoms with Gasteiger partial charge < -0.3 is 10.4 Å². The lowest BCUT2D eigenvalue weighted by atomic mass is 10.1. The van der Waals surface area contributed by atoms with Crippen LogP contribution in [0.15, 0.2) is 48.5 Å². The molecule has 0 atom stereocenters. The first kappa shape index (κ1) is 16.1. The minimum Gasteiger partial charge on any atom is -0.508 e. The van der Waals surface area contributed by atoms with Gasteiger partial charge >= 0.3 is 8.25 Å². The summed E-state index contributed by atoms with van der Waals surface area (Å²) >= 11 is 0. The molecule has 0 bridgehead atoms. The molecule has 0 aromatic heterocycles. The largest absolute Gasteiger partial charge is 0.692 e. The lowest BCUT2D eigenvalue weighted by molar-refractivity contribution is 0.405. The van der Waals surface area contributed by atoms with Gasteiger partial charge in [0.15, 0.2) is 0 Å². The van der Waals surface area contributed by atoms with Gasteiger partial charge in [0.25, 0.3) is 0 Å². The predicted octanol–water partition coefficient (Wildman–Crippen LogP) is 2.94. The number of rotatable bonds is 3. The van der Waals surface area contributed by atoms with E-state index in [2.05, 4.69) is 36.5 Å². The van der Waals surface area contributed by atoms with E-state index in [0.717, 1.165) is 12.2 Å². The number of hydrogen-bond acceptors (Lipinski definition) is 3. The Morgan fingerprint density at radius 1 is 1.00 bits per heavy atom. The highest BCUT2D eigenvalue weighted by molar-refractivity contribution is 7.30. The molecule has 0 heterocycles. The number of phenols is 1. The van der Waals surface area contributed by atoms with Crippen LogP contribution in [-0.2, 0) is 11.1 Å². The van der Waals surface area contributed by atoms with Gasteiger partial charge in [0.05, 0.1) is 0 Å². The second kappa shape index (κ2) is 8.27. The third kappa shape index (κ3) is 6.85. The predicted molar refractivity (Wildman–Crippen MR) is 78.7 cm³/mol. The van der Waals surface area contributed by atoms with E-state index in [9.17, 15) is 0 Å². The first-order valence-corrected chi connectivity index (χ1v) is 7.07. The van der Waals surface area contributed by atoms with E-state index in [4.69, 9.17) is 19.5 Å². The molecule has 0 unspecified atom stereocenters. The molecule has 0 spiro atoms. The van der Waals surface area contributed by atoms with Crippen molar-refractivity contribution in [1.29, 1.82) is 0 Å². The SMILES string of the molecule is Cc1ccc(CNc2ccc(O)cc2)cc1.O=[P+](O)O. The summed E-state index contributed by atoms with van der Waals surface area (Å²) in [5, 5.41) is 12.4. The van der Waals surface area contributed by atoms with Crippen LogP contribution < -0.4 is 5.32 Å². The van der Waals surface area contributed by atoms with Crippen molar-refractivity contribution in [3.8, 4) is 5.75 Å². The summed E-state index contributed by atoms with van der Waals surface area (Å²) in [5.74, 6) is 0.292. The third-order valence-electron chi connectivity index (χ3n) is 2.48. The maximum atomic E-state index is 9.14. The highest BCUT2D eigenvalue weighted by atomic mass is 31.1. The monoisotopic (exact) mass is 294 g/mol. The number of aryl methyl sites for hydroxylation is 1. The summed E-state index contributed by atoms with van der Waals surface area (Å²) in [4.78, 5) is 14.2.